The van der Waals surface area contributed by atoms with Gasteiger partial charge in [-0.3, -0.25) is 14.7 Å². The molecule has 1 aliphatic heterocycles. The third kappa shape index (κ3) is 3.98. The van der Waals surface area contributed by atoms with Crippen molar-refractivity contribution >= 4 is 22.8 Å². The van der Waals surface area contributed by atoms with Crippen LogP contribution in [-0.2, 0) is 27.3 Å². The molecule has 0 saturated carbocycles. The van der Waals surface area contributed by atoms with Gasteiger partial charge in [-0.1, -0.05) is 19.9 Å². The SMILES string of the molecule is COC(=O)CC1Cc2cc(C(C)C)c3[nH]ncc3c2CN(CC(F)(F)F)C1=O. The number of ether oxygens (including phenoxy) is 1. The van der Waals surface area contributed by atoms with Crippen molar-refractivity contribution in [3.63, 3.8) is 0 Å². The number of H-pyrrole nitrogens is 1. The van der Waals surface area contributed by atoms with Crippen LogP contribution in [0.2, 0.25) is 0 Å². The van der Waals surface area contributed by atoms with E-state index in [1.807, 2.05) is 19.9 Å². The molecule has 0 radical (unpaired) electrons. The lowest BCUT2D eigenvalue weighted by molar-refractivity contribution is -0.165. The van der Waals surface area contributed by atoms with E-state index in [1.165, 1.54) is 7.11 Å². The molecular formula is C19H22F3N3O3. The number of alkyl halides is 3. The number of rotatable bonds is 4. The number of methoxy groups -OCH3 is 1. The van der Waals surface area contributed by atoms with E-state index in [1.54, 1.807) is 6.20 Å². The van der Waals surface area contributed by atoms with Crippen LogP contribution in [0.25, 0.3) is 10.9 Å². The molecule has 1 aromatic heterocycles. The largest absolute Gasteiger partial charge is 0.469 e. The van der Waals surface area contributed by atoms with Crippen molar-refractivity contribution in [2.45, 2.75) is 45.3 Å². The van der Waals surface area contributed by atoms with Gasteiger partial charge in [0.15, 0.2) is 0 Å². The van der Waals surface area contributed by atoms with E-state index in [0.29, 0.717) is 10.9 Å². The summed E-state index contributed by atoms with van der Waals surface area (Å²) in [5.41, 5.74) is 3.14. The zero-order valence-corrected chi connectivity index (χ0v) is 15.9. The van der Waals surface area contributed by atoms with Gasteiger partial charge in [0.25, 0.3) is 0 Å². The summed E-state index contributed by atoms with van der Waals surface area (Å²) in [6.07, 6.45) is -3.04. The zero-order chi connectivity index (χ0) is 20.6. The molecule has 0 bridgehead atoms. The summed E-state index contributed by atoms with van der Waals surface area (Å²) in [6.45, 7) is 2.46. The topological polar surface area (TPSA) is 75.3 Å². The Kier molecular flexibility index (Phi) is 5.36. The van der Waals surface area contributed by atoms with Crippen molar-refractivity contribution in [1.29, 1.82) is 0 Å². The van der Waals surface area contributed by atoms with Crippen LogP contribution in [0.4, 0.5) is 13.2 Å². The normalized spacial score (nSPS) is 17.8. The maximum absolute atomic E-state index is 13.1. The van der Waals surface area contributed by atoms with E-state index in [9.17, 15) is 22.8 Å². The van der Waals surface area contributed by atoms with E-state index >= 15 is 0 Å². The molecule has 6 nitrogen and oxygen atoms in total. The lowest BCUT2D eigenvalue weighted by Gasteiger charge is -2.25. The van der Waals surface area contributed by atoms with Gasteiger partial charge in [-0.05, 0) is 29.0 Å². The monoisotopic (exact) mass is 397 g/mol. The number of carbonyl (C=O) groups excluding carboxylic acids is 2. The quantitative estimate of drug-likeness (QED) is 0.804. The number of hydrogen-bond acceptors (Lipinski definition) is 4. The number of hydrogen-bond donors (Lipinski definition) is 1. The van der Waals surface area contributed by atoms with Gasteiger partial charge in [0.05, 0.1) is 31.2 Å². The fraction of sp³-hybridized carbons (Fsp3) is 0.526. The van der Waals surface area contributed by atoms with Crippen LogP contribution in [0.5, 0.6) is 0 Å². The van der Waals surface area contributed by atoms with Crippen molar-refractivity contribution in [1.82, 2.24) is 15.1 Å². The highest BCUT2D eigenvalue weighted by Crippen LogP contribution is 2.35. The molecule has 2 aromatic rings. The van der Waals surface area contributed by atoms with Gasteiger partial charge >= 0.3 is 12.1 Å². The summed E-state index contributed by atoms with van der Waals surface area (Å²) in [6, 6.07) is 1.91. The number of amides is 1. The minimum Gasteiger partial charge on any atom is -0.469 e. The minimum absolute atomic E-state index is 0.150. The molecular weight excluding hydrogens is 375 g/mol. The second kappa shape index (κ2) is 7.44. The number of aromatic amines is 1. The van der Waals surface area contributed by atoms with Crippen LogP contribution >= 0.6 is 0 Å². The summed E-state index contributed by atoms with van der Waals surface area (Å²) in [5.74, 6) is -2.07. The van der Waals surface area contributed by atoms with Crippen molar-refractivity contribution < 1.29 is 27.5 Å². The Morgan fingerprint density at radius 1 is 1.43 bits per heavy atom. The first-order chi connectivity index (χ1) is 13.1. The zero-order valence-electron chi connectivity index (χ0n) is 15.9. The third-order valence-electron chi connectivity index (χ3n) is 5.08. The molecule has 1 atom stereocenters. The van der Waals surface area contributed by atoms with E-state index in [-0.39, 0.29) is 25.3 Å². The summed E-state index contributed by atoms with van der Waals surface area (Å²) < 4.78 is 43.9. The van der Waals surface area contributed by atoms with E-state index in [0.717, 1.165) is 21.5 Å². The maximum atomic E-state index is 13.1. The number of halogens is 3. The Morgan fingerprint density at radius 3 is 2.75 bits per heavy atom. The van der Waals surface area contributed by atoms with Crippen LogP contribution in [0.1, 0.15) is 42.9 Å². The Labute approximate surface area is 160 Å². The summed E-state index contributed by atoms with van der Waals surface area (Å²) in [5, 5.41) is 7.68. The van der Waals surface area contributed by atoms with Crippen LogP contribution in [0.3, 0.4) is 0 Å². The second-order valence-corrected chi connectivity index (χ2v) is 7.41. The van der Waals surface area contributed by atoms with Crippen molar-refractivity contribution in [2.24, 2.45) is 5.92 Å². The number of aromatic nitrogens is 2. The van der Waals surface area contributed by atoms with Crippen LogP contribution < -0.4 is 0 Å². The molecule has 0 fully saturated rings. The molecule has 152 valence electrons. The first-order valence-corrected chi connectivity index (χ1v) is 9.00. The van der Waals surface area contributed by atoms with Crippen LogP contribution in [0, 0.1) is 5.92 Å². The minimum atomic E-state index is -4.54. The molecule has 1 unspecified atom stereocenters. The van der Waals surface area contributed by atoms with E-state index < -0.39 is 30.5 Å². The van der Waals surface area contributed by atoms with Crippen LogP contribution in [-0.4, -0.2) is 46.8 Å². The predicted octanol–water partition coefficient (Wildman–Crippen LogP) is 3.31. The van der Waals surface area contributed by atoms with Crippen molar-refractivity contribution in [3.05, 3.63) is 29.0 Å². The highest BCUT2D eigenvalue weighted by Gasteiger charge is 2.39. The van der Waals surface area contributed by atoms with E-state index in [2.05, 4.69) is 14.9 Å². The Hall–Kier alpha value is -2.58. The lowest BCUT2D eigenvalue weighted by Crippen LogP contribution is -2.41. The fourth-order valence-electron chi connectivity index (χ4n) is 3.75. The van der Waals surface area contributed by atoms with E-state index in [4.69, 9.17) is 0 Å². The Balaban J connectivity index is 2.13. The first kappa shape index (κ1) is 20.2. The number of nitrogens with zero attached hydrogens (tertiary/aromatic N) is 2. The molecule has 1 aromatic carbocycles. The number of carbonyl (C=O) groups is 2. The highest BCUT2D eigenvalue weighted by molar-refractivity contribution is 5.90. The van der Waals surface area contributed by atoms with Gasteiger partial charge in [-0.25, -0.2) is 0 Å². The third-order valence-corrected chi connectivity index (χ3v) is 5.08. The standard InChI is InChI=1S/C19H22F3N3O3/c1-10(2)13-5-11-4-12(6-16(26)28-3)18(27)25(9-19(20,21)22)8-15(11)14-7-23-24-17(13)14/h5,7,10,12H,4,6,8-9H2,1-3H3,(H,23,24). The number of fused-ring (bicyclic) bond motifs is 3. The molecule has 1 amide bonds. The lowest BCUT2D eigenvalue weighted by atomic mass is 9.89. The highest BCUT2D eigenvalue weighted by atomic mass is 19.4. The van der Waals surface area contributed by atoms with Gasteiger partial charge in [0, 0.05) is 11.9 Å². The van der Waals surface area contributed by atoms with Gasteiger partial charge < -0.3 is 9.64 Å². The van der Waals surface area contributed by atoms with Crippen molar-refractivity contribution in [3.8, 4) is 0 Å². The molecule has 0 aliphatic carbocycles. The smallest absolute Gasteiger partial charge is 0.406 e. The maximum Gasteiger partial charge on any atom is 0.406 e. The van der Waals surface area contributed by atoms with Crippen molar-refractivity contribution in [2.75, 3.05) is 13.7 Å². The van der Waals surface area contributed by atoms with Crippen LogP contribution in [0.15, 0.2) is 12.3 Å². The summed E-state index contributed by atoms with van der Waals surface area (Å²) >= 11 is 0. The molecule has 3 rings (SSSR count). The summed E-state index contributed by atoms with van der Waals surface area (Å²) in [7, 11) is 1.19. The number of esters is 1. The molecule has 2 heterocycles. The Morgan fingerprint density at radius 2 is 2.14 bits per heavy atom. The fourth-order valence-corrected chi connectivity index (χ4v) is 3.75. The molecule has 9 heteroatoms. The number of nitrogens with one attached hydrogen (secondary N) is 1. The van der Waals surface area contributed by atoms with Gasteiger partial charge in [-0.2, -0.15) is 18.3 Å². The van der Waals surface area contributed by atoms with Gasteiger partial charge in [0.2, 0.25) is 5.91 Å². The number of benzene rings is 1. The predicted molar refractivity (Wildman–Crippen MR) is 95.5 cm³/mol. The average Bonchev–Trinajstić information content (AvgIpc) is 3.05. The first-order valence-electron chi connectivity index (χ1n) is 9.00. The molecule has 28 heavy (non-hydrogen) atoms. The average molecular weight is 397 g/mol. The molecule has 1 aliphatic rings. The molecule has 1 N–H and O–H groups in total. The molecule has 0 saturated heterocycles. The van der Waals surface area contributed by atoms with Gasteiger partial charge in [0.1, 0.15) is 6.54 Å². The van der Waals surface area contributed by atoms with Gasteiger partial charge in [-0.15, -0.1) is 0 Å². The second-order valence-electron chi connectivity index (χ2n) is 7.41. The summed E-state index contributed by atoms with van der Waals surface area (Å²) in [4.78, 5) is 25.4. The Bertz CT molecular complexity index is 905. The molecule has 0 spiro atoms.